The fraction of sp³-hybridized carbons (Fsp3) is 0.364. The molecular weight excluding hydrogens is 438 g/mol. The van der Waals surface area contributed by atoms with E-state index in [9.17, 15) is 14.7 Å². The molecule has 0 bridgehead atoms. The van der Waals surface area contributed by atoms with Gasteiger partial charge in [-0.1, -0.05) is 46.3 Å². The first-order chi connectivity index (χ1) is 13.6. The number of carbonyl (C=O) groups excluding carboxylic acids is 1. The summed E-state index contributed by atoms with van der Waals surface area (Å²) in [4.78, 5) is 25.4. The zero-order valence-corrected chi connectivity index (χ0v) is 18.2. The molecule has 0 aliphatic carbocycles. The summed E-state index contributed by atoms with van der Waals surface area (Å²) in [5.41, 5.74) is 1.17. The van der Waals surface area contributed by atoms with Crippen LogP contribution in [0.25, 0.3) is 11.1 Å². The smallest absolute Gasteiger partial charge is 0.411 e. The van der Waals surface area contributed by atoms with Crippen LogP contribution in [-0.4, -0.2) is 46.4 Å². The molecule has 3 rings (SSSR count). The number of aliphatic carboxylic acids is 1. The van der Waals surface area contributed by atoms with Crippen LogP contribution in [-0.2, 0) is 9.53 Å². The van der Waals surface area contributed by atoms with Crippen molar-refractivity contribution in [3.05, 3.63) is 53.0 Å². The number of amides is 1. The zero-order chi connectivity index (χ0) is 21.2. The zero-order valence-electron chi connectivity index (χ0n) is 16.6. The van der Waals surface area contributed by atoms with Crippen LogP contribution in [0.1, 0.15) is 27.2 Å². The molecular formula is C22H24BrNO5. The van der Waals surface area contributed by atoms with Gasteiger partial charge in [-0.2, -0.15) is 0 Å². The maximum absolute atomic E-state index is 12.5. The average molecular weight is 462 g/mol. The molecule has 0 spiro atoms. The van der Waals surface area contributed by atoms with Crippen LogP contribution in [0, 0.1) is 0 Å². The lowest BCUT2D eigenvalue weighted by Crippen LogP contribution is -2.43. The van der Waals surface area contributed by atoms with Crippen molar-refractivity contribution in [2.75, 3.05) is 6.54 Å². The van der Waals surface area contributed by atoms with E-state index < -0.39 is 29.8 Å². The van der Waals surface area contributed by atoms with Crippen molar-refractivity contribution in [3.63, 3.8) is 0 Å². The van der Waals surface area contributed by atoms with Gasteiger partial charge in [-0.3, -0.25) is 4.90 Å². The van der Waals surface area contributed by atoms with Gasteiger partial charge in [0.05, 0.1) is 6.54 Å². The second kappa shape index (κ2) is 8.45. The van der Waals surface area contributed by atoms with Crippen LogP contribution >= 0.6 is 15.9 Å². The summed E-state index contributed by atoms with van der Waals surface area (Å²) in [6.07, 6.45) is -0.902. The third-order valence-electron chi connectivity index (χ3n) is 4.50. The molecule has 1 aliphatic heterocycles. The summed E-state index contributed by atoms with van der Waals surface area (Å²) in [5, 5.41) is 9.57. The maximum atomic E-state index is 12.5. The summed E-state index contributed by atoms with van der Waals surface area (Å²) in [5.74, 6) is -0.430. The minimum atomic E-state index is -1.07. The molecule has 0 unspecified atom stereocenters. The molecule has 2 atom stereocenters. The lowest BCUT2D eigenvalue weighted by molar-refractivity contribution is -0.142. The second-order valence-corrected chi connectivity index (χ2v) is 8.88. The van der Waals surface area contributed by atoms with Gasteiger partial charge in [-0.25, -0.2) is 9.59 Å². The molecule has 2 aromatic carbocycles. The lowest BCUT2D eigenvalue weighted by Gasteiger charge is -2.26. The number of rotatable bonds is 4. The third-order valence-corrected chi connectivity index (χ3v) is 4.99. The maximum Gasteiger partial charge on any atom is 0.411 e. The fourth-order valence-electron chi connectivity index (χ4n) is 3.27. The monoisotopic (exact) mass is 461 g/mol. The van der Waals surface area contributed by atoms with E-state index in [1.807, 2.05) is 48.5 Å². The van der Waals surface area contributed by atoms with Crippen molar-refractivity contribution in [2.24, 2.45) is 0 Å². The normalized spacial score (nSPS) is 19.1. The highest BCUT2D eigenvalue weighted by Gasteiger charge is 2.42. The van der Waals surface area contributed by atoms with E-state index >= 15 is 0 Å². The first-order valence-electron chi connectivity index (χ1n) is 9.38. The fourth-order valence-corrected chi connectivity index (χ4v) is 3.63. The van der Waals surface area contributed by atoms with E-state index in [0.717, 1.165) is 15.6 Å². The molecule has 1 heterocycles. The van der Waals surface area contributed by atoms with Crippen LogP contribution in [0.3, 0.4) is 0 Å². The SMILES string of the molecule is CC(C)(C)OC(=O)N1C[C@H](Oc2ccc(Br)cc2-c2ccccc2)C[C@H]1C(=O)O. The van der Waals surface area contributed by atoms with Gasteiger partial charge in [0.2, 0.25) is 0 Å². The number of nitrogens with zero attached hydrogens (tertiary/aromatic N) is 1. The Hall–Kier alpha value is -2.54. The van der Waals surface area contributed by atoms with Gasteiger partial charge in [0.1, 0.15) is 23.5 Å². The first kappa shape index (κ1) is 21.2. The molecule has 1 N–H and O–H groups in total. The number of carbonyl (C=O) groups is 2. The number of hydrogen-bond acceptors (Lipinski definition) is 4. The minimum absolute atomic E-state index is 0.149. The Morgan fingerprint density at radius 2 is 1.83 bits per heavy atom. The quantitative estimate of drug-likeness (QED) is 0.696. The highest BCUT2D eigenvalue weighted by atomic mass is 79.9. The summed E-state index contributed by atoms with van der Waals surface area (Å²) in [6.45, 7) is 5.40. The average Bonchev–Trinajstić information content (AvgIpc) is 3.07. The van der Waals surface area contributed by atoms with Crippen LogP contribution < -0.4 is 4.74 Å². The Morgan fingerprint density at radius 1 is 1.14 bits per heavy atom. The van der Waals surface area contributed by atoms with E-state index in [0.29, 0.717) is 5.75 Å². The number of halogens is 1. The van der Waals surface area contributed by atoms with E-state index in [-0.39, 0.29) is 13.0 Å². The molecule has 29 heavy (non-hydrogen) atoms. The topological polar surface area (TPSA) is 76.1 Å². The molecule has 1 aliphatic rings. The van der Waals surface area contributed by atoms with Crippen LogP contribution in [0.15, 0.2) is 53.0 Å². The largest absolute Gasteiger partial charge is 0.488 e. The van der Waals surface area contributed by atoms with Crippen LogP contribution in [0.4, 0.5) is 4.79 Å². The molecule has 7 heteroatoms. The molecule has 1 amide bonds. The van der Waals surface area contributed by atoms with Gasteiger partial charge in [0.15, 0.2) is 0 Å². The van der Waals surface area contributed by atoms with E-state index in [1.165, 1.54) is 4.90 Å². The van der Waals surface area contributed by atoms with Crippen molar-refractivity contribution < 1.29 is 24.2 Å². The van der Waals surface area contributed by atoms with E-state index in [1.54, 1.807) is 20.8 Å². The number of carboxylic acid groups (broad SMARTS) is 1. The van der Waals surface area contributed by atoms with Gasteiger partial charge in [-0.05, 0) is 44.5 Å². The third kappa shape index (κ3) is 5.29. The summed E-state index contributed by atoms with van der Waals surface area (Å²) in [6, 6.07) is 14.5. The number of carboxylic acids is 1. The van der Waals surface area contributed by atoms with Gasteiger partial charge in [-0.15, -0.1) is 0 Å². The molecule has 154 valence electrons. The van der Waals surface area contributed by atoms with Gasteiger partial charge in [0, 0.05) is 16.5 Å². The summed E-state index contributed by atoms with van der Waals surface area (Å²) in [7, 11) is 0. The van der Waals surface area contributed by atoms with Crippen LogP contribution in [0.5, 0.6) is 5.75 Å². The number of hydrogen-bond donors (Lipinski definition) is 1. The van der Waals surface area contributed by atoms with Gasteiger partial charge >= 0.3 is 12.1 Å². The Morgan fingerprint density at radius 3 is 2.45 bits per heavy atom. The Bertz CT molecular complexity index is 894. The van der Waals surface area contributed by atoms with Crippen molar-refractivity contribution >= 4 is 28.0 Å². The van der Waals surface area contributed by atoms with Gasteiger partial charge in [0.25, 0.3) is 0 Å². The molecule has 2 aromatic rings. The minimum Gasteiger partial charge on any atom is -0.488 e. The van der Waals surface area contributed by atoms with E-state index in [2.05, 4.69) is 15.9 Å². The Balaban J connectivity index is 1.83. The van der Waals surface area contributed by atoms with Gasteiger partial charge < -0.3 is 14.6 Å². The molecule has 0 aromatic heterocycles. The van der Waals surface area contributed by atoms with Crippen LogP contribution in [0.2, 0.25) is 0 Å². The molecule has 0 radical (unpaired) electrons. The number of ether oxygens (including phenoxy) is 2. The Kier molecular flexibility index (Phi) is 6.17. The second-order valence-electron chi connectivity index (χ2n) is 7.97. The first-order valence-corrected chi connectivity index (χ1v) is 10.2. The molecule has 1 saturated heterocycles. The number of likely N-dealkylation sites (tertiary alicyclic amines) is 1. The van der Waals surface area contributed by atoms with Crippen molar-refractivity contribution in [2.45, 2.75) is 44.9 Å². The highest BCUT2D eigenvalue weighted by Crippen LogP contribution is 2.35. The summed E-state index contributed by atoms with van der Waals surface area (Å²) < 4.78 is 12.5. The predicted octanol–water partition coefficient (Wildman–Crippen LogP) is 4.96. The summed E-state index contributed by atoms with van der Waals surface area (Å²) >= 11 is 3.49. The highest BCUT2D eigenvalue weighted by molar-refractivity contribution is 9.10. The number of benzene rings is 2. The van der Waals surface area contributed by atoms with E-state index in [4.69, 9.17) is 9.47 Å². The molecule has 6 nitrogen and oxygen atoms in total. The lowest BCUT2D eigenvalue weighted by atomic mass is 10.0. The standard InChI is InChI=1S/C22H24BrNO5/c1-22(2,3)29-21(27)24-13-16(12-18(24)20(25)26)28-19-10-9-15(23)11-17(19)14-7-5-4-6-8-14/h4-11,16,18H,12-13H2,1-3H3,(H,25,26)/t16-,18+/m1/s1. The predicted molar refractivity (Wildman–Crippen MR) is 113 cm³/mol. The Labute approximate surface area is 178 Å². The van der Waals surface area contributed by atoms with Crippen molar-refractivity contribution in [3.8, 4) is 16.9 Å². The van der Waals surface area contributed by atoms with Crippen molar-refractivity contribution in [1.29, 1.82) is 0 Å². The molecule has 0 saturated carbocycles. The molecule has 1 fully saturated rings. The van der Waals surface area contributed by atoms with Crippen molar-refractivity contribution in [1.82, 2.24) is 4.90 Å².